The molecular formula is C11H13Cl3. The van der Waals surface area contributed by atoms with Gasteiger partial charge in [-0.25, -0.2) is 0 Å². The highest BCUT2D eigenvalue weighted by Crippen LogP contribution is 2.35. The first kappa shape index (κ1) is 12.2. The predicted molar refractivity (Wildman–Crippen MR) is 64.8 cm³/mol. The Kier molecular flexibility index (Phi) is 4.12. The summed E-state index contributed by atoms with van der Waals surface area (Å²) in [6.45, 7) is 6.30. The first-order chi connectivity index (χ1) is 6.43. The lowest BCUT2D eigenvalue weighted by molar-refractivity contribution is 0.645. The molecule has 0 unspecified atom stereocenters. The van der Waals surface area contributed by atoms with E-state index < -0.39 is 0 Å². The molecule has 0 nitrogen and oxygen atoms in total. The van der Waals surface area contributed by atoms with Gasteiger partial charge in [-0.15, -0.1) is 0 Å². The second-order valence-electron chi connectivity index (χ2n) is 3.87. The zero-order valence-electron chi connectivity index (χ0n) is 8.50. The molecule has 1 aromatic carbocycles. The summed E-state index contributed by atoms with van der Waals surface area (Å²) in [6.07, 6.45) is 0.975. The predicted octanol–water partition coefficient (Wildman–Crippen LogP) is 5.15. The van der Waals surface area contributed by atoms with E-state index in [9.17, 15) is 0 Å². The van der Waals surface area contributed by atoms with E-state index >= 15 is 0 Å². The van der Waals surface area contributed by atoms with Crippen LogP contribution in [0.5, 0.6) is 0 Å². The van der Waals surface area contributed by atoms with Crippen molar-refractivity contribution >= 4 is 34.8 Å². The zero-order chi connectivity index (χ0) is 10.9. The fourth-order valence-corrected chi connectivity index (χ4v) is 2.08. The molecule has 0 bridgehead atoms. The molecule has 0 amide bonds. The van der Waals surface area contributed by atoms with Gasteiger partial charge >= 0.3 is 0 Å². The Morgan fingerprint density at radius 3 is 2.21 bits per heavy atom. The molecule has 0 heterocycles. The SMILES string of the molecule is Cc1c(CC(C)C)cc(Cl)c(Cl)c1Cl. The van der Waals surface area contributed by atoms with Crippen molar-refractivity contribution in [1.29, 1.82) is 0 Å². The normalized spacial score (nSPS) is 11.1. The van der Waals surface area contributed by atoms with Crippen LogP contribution in [0, 0.1) is 12.8 Å². The van der Waals surface area contributed by atoms with E-state index in [4.69, 9.17) is 34.8 Å². The van der Waals surface area contributed by atoms with Crippen molar-refractivity contribution in [3.8, 4) is 0 Å². The molecule has 0 aromatic heterocycles. The van der Waals surface area contributed by atoms with Crippen LogP contribution in [0.25, 0.3) is 0 Å². The maximum absolute atomic E-state index is 6.06. The van der Waals surface area contributed by atoms with Crippen LogP contribution in [-0.4, -0.2) is 0 Å². The summed E-state index contributed by atoms with van der Waals surface area (Å²) < 4.78 is 0. The van der Waals surface area contributed by atoms with Crippen LogP contribution >= 0.6 is 34.8 Å². The van der Waals surface area contributed by atoms with E-state index in [0.29, 0.717) is 21.0 Å². The van der Waals surface area contributed by atoms with Crippen LogP contribution in [0.15, 0.2) is 6.07 Å². The summed E-state index contributed by atoms with van der Waals surface area (Å²) in [5, 5.41) is 1.58. The molecule has 1 rings (SSSR count). The standard InChI is InChI=1S/C11H13Cl3/c1-6(2)4-8-5-9(12)11(14)10(13)7(8)3/h5-6H,4H2,1-3H3. The molecule has 1 aromatic rings. The smallest absolute Gasteiger partial charge is 0.0781 e. The minimum atomic E-state index is 0.457. The molecule has 0 saturated heterocycles. The van der Waals surface area contributed by atoms with Crippen LogP contribution in [0.4, 0.5) is 0 Å². The maximum Gasteiger partial charge on any atom is 0.0781 e. The van der Waals surface area contributed by atoms with E-state index in [0.717, 1.165) is 12.0 Å². The van der Waals surface area contributed by atoms with Gasteiger partial charge in [0.1, 0.15) is 0 Å². The number of hydrogen-bond acceptors (Lipinski definition) is 0. The molecule has 0 aliphatic rings. The Balaban J connectivity index is 3.19. The Bertz CT molecular complexity index is 343. The Hall–Kier alpha value is 0.0900. The van der Waals surface area contributed by atoms with Crippen molar-refractivity contribution in [2.45, 2.75) is 27.2 Å². The van der Waals surface area contributed by atoms with E-state index in [1.54, 1.807) is 0 Å². The summed E-state index contributed by atoms with van der Waals surface area (Å²) >= 11 is 17.9. The maximum atomic E-state index is 6.06. The summed E-state index contributed by atoms with van der Waals surface area (Å²) in [5.74, 6) is 0.585. The lowest BCUT2D eigenvalue weighted by Gasteiger charge is -2.12. The molecule has 0 atom stereocenters. The second-order valence-corrected chi connectivity index (χ2v) is 5.03. The van der Waals surface area contributed by atoms with Crippen molar-refractivity contribution < 1.29 is 0 Å². The van der Waals surface area contributed by atoms with E-state index in [2.05, 4.69) is 13.8 Å². The molecule has 0 saturated carbocycles. The van der Waals surface area contributed by atoms with Crippen molar-refractivity contribution in [2.75, 3.05) is 0 Å². The molecule has 0 spiro atoms. The number of hydrogen-bond donors (Lipinski definition) is 0. The Morgan fingerprint density at radius 2 is 1.71 bits per heavy atom. The fraction of sp³-hybridized carbons (Fsp3) is 0.455. The fourth-order valence-electron chi connectivity index (χ4n) is 1.39. The Morgan fingerprint density at radius 1 is 1.14 bits per heavy atom. The highest BCUT2D eigenvalue weighted by molar-refractivity contribution is 6.48. The van der Waals surface area contributed by atoms with Crippen LogP contribution in [0.3, 0.4) is 0 Å². The minimum absolute atomic E-state index is 0.457. The monoisotopic (exact) mass is 250 g/mol. The number of rotatable bonds is 2. The summed E-state index contributed by atoms with van der Waals surface area (Å²) in [7, 11) is 0. The van der Waals surface area contributed by atoms with Gasteiger partial charge < -0.3 is 0 Å². The largest absolute Gasteiger partial charge is 0.0826 e. The van der Waals surface area contributed by atoms with Gasteiger partial charge in [-0.1, -0.05) is 48.7 Å². The zero-order valence-corrected chi connectivity index (χ0v) is 10.8. The van der Waals surface area contributed by atoms with Gasteiger partial charge in [0, 0.05) is 0 Å². The first-order valence-corrected chi connectivity index (χ1v) is 5.69. The van der Waals surface area contributed by atoms with Crippen LogP contribution in [0.2, 0.25) is 15.1 Å². The number of halogens is 3. The van der Waals surface area contributed by atoms with Gasteiger partial charge in [0.05, 0.1) is 15.1 Å². The molecule has 0 aliphatic carbocycles. The third-order valence-corrected chi connectivity index (χ3v) is 3.50. The third-order valence-electron chi connectivity index (χ3n) is 2.14. The number of benzene rings is 1. The van der Waals surface area contributed by atoms with Crippen molar-refractivity contribution in [3.05, 3.63) is 32.3 Å². The lowest BCUT2D eigenvalue weighted by atomic mass is 9.99. The molecule has 0 radical (unpaired) electrons. The van der Waals surface area contributed by atoms with Gasteiger partial charge in [0.2, 0.25) is 0 Å². The third kappa shape index (κ3) is 2.56. The van der Waals surface area contributed by atoms with Gasteiger partial charge in [0.25, 0.3) is 0 Å². The van der Waals surface area contributed by atoms with Gasteiger partial charge in [-0.3, -0.25) is 0 Å². The van der Waals surface area contributed by atoms with Gasteiger partial charge in [-0.05, 0) is 36.5 Å². The average molecular weight is 252 g/mol. The van der Waals surface area contributed by atoms with E-state index in [-0.39, 0.29) is 0 Å². The minimum Gasteiger partial charge on any atom is -0.0826 e. The van der Waals surface area contributed by atoms with Crippen molar-refractivity contribution in [3.63, 3.8) is 0 Å². The van der Waals surface area contributed by atoms with Crippen LogP contribution < -0.4 is 0 Å². The van der Waals surface area contributed by atoms with Crippen LogP contribution in [-0.2, 0) is 6.42 Å². The van der Waals surface area contributed by atoms with Gasteiger partial charge in [-0.2, -0.15) is 0 Å². The summed E-state index contributed by atoms with van der Waals surface area (Å²) in [4.78, 5) is 0. The molecule has 78 valence electrons. The Labute approximate surface area is 100 Å². The average Bonchev–Trinajstić information content (AvgIpc) is 2.10. The van der Waals surface area contributed by atoms with E-state index in [1.165, 1.54) is 5.56 Å². The lowest BCUT2D eigenvalue weighted by Crippen LogP contribution is -1.98. The molecule has 0 aliphatic heterocycles. The van der Waals surface area contributed by atoms with Crippen molar-refractivity contribution in [1.82, 2.24) is 0 Å². The second kappa shape index (κ2) is 4.74. The van der Waals surface area contributed by atoms with E-state index in [1.807, 2.05) is 13.0 Å². The summed E-state index contributed by atoms with van der Waals surface area (Å²) in [6, 6.07) is 1.91. The molecule has 0 fully saturated rings. The topological polar surface area (TPSA) is 0 Å². The first-order valence-electron chi connectivity index (χ1n) is 4.56. The molecular weight excluding hydrogens is 238 g/mol. The highest BCUT2D eigenvalue weighted by Gasteiger charge is 2.11. The van der Waals surface area contributed by atoms with Crippen molar-refractivity contribution in [2.24, 2.45) is 5.92 Å². The summed E-state index contributed by atoms with van der Waals surface area (Å²) in [5.41, 5.74) is 2.22. The van der Waals surface area contributed by atoms with Gasteiger partial charge in [0.15, 0.2) is 0 Å². The molecule has 14 heavy (non-hydrogen) atoms. The quantitative estimate of drug-likeness (QED) is 0.637. The van der Waals surface area contributed by atoms with Crippen LogP contribution in [0.1, 0.15) is 25.0 Å². The highest BCUT2D eigenvalue weighted by atomic mass is 35.5. The molecule has 3 heteroatoms. The molecule has 0 N–H and O–H groups in total.